The lowest BCUT2D eigenvalue weighted by atomic mass is 9.80. The molecule has 17 heavy (non-hydrogen) atoms. The van der Waals surface area contributed by atoms with Gasteiger partial charge in [-0.1, -0.05) is 0 Å². The van der Waals surface area contributed by atoms with Crippen molar-refractivity contribution in [1.29, 1.82) is 0 Å². The van der Waals surface area contributed by atoms with Crippen molar-refractivity contribution in [3.63, 3.8) is 0 Å². The fraction of sp³-hybridized carbons (Fsp3) is 0.429. The molecule has 1 aromatic carbocycles. The van der Waals surface area contributed by atoms with E-state index in [1.54, 1.807) is 13.2 Å². The van der Waals surface area contributed by atoms with E-state index in [1.165, 1.54) is 6.92 Å². The molecule has 0 N–H and O–H groups in total. The van der Waals surface area contributed by atoms with Crippen LogP contribution in [0.15, 0.2) is 18.2 Å². The van der Waals surface area contributed by atoms with E-state index in [1.807, 2.05) is 12.1 Å². The number of hydrogen-bond acceptors (Lipinski definition) is 3. The van der Waals surface area contributed by atoms with Gasteiger partial charge in [-0.25, -0.2) is 0 Å². The molecule has 1 aliphatic carbocycles. The fourth-order valence-electron chi connectivity index (χ4n) is 2.37. The Kier molecular flexibility index (Phi) is 3.27. The Balaban J connectivity index is 2.27. The molecule has 0 amide bonds. The Morgan fingerprint density at radius 2 is 2.24 bits per heavy atom. The number of aryl methyl sites for hydroxylation is 1. The molecule has 0 saturated heterocycles. The summed E-state index contributed by atoms with van der Waals surface area (Å²) < 4.78 is 5.14. The highest BCUT2D eigenvalue weighted by Gasteiger charge is 2.28. The van der Waals surface area contributed by atoms with Crippen molar-refractivity contribution in [2.75, 3.05) is 7.11 Å². The van der Waals surface area contributed by atoms with E-state index >= 15 is 0 Å². The number of ether oxygens (including phenoxy) is 1. The van der Waals surface area contributed by atoms with E-state index in [0.717, 1.165) is 29.7 Å². The zero-order valence-corrected chi connectivity index (χ0v) is 10.2. The standard InChI is InChI=1S/C14H16O3/c1-9(15)7-11-4-3-10-8-12(17-2)5-6-13(10)14(11)16/h5-6,8,11H,3-4,7H2,1-2H3. The number of carbonyl (C=O) groups excluding carboxylic acids is 2. The Morgan fingerprint density at radius 3 is 2.88 bits per heavy atom. The molecule has 3 heteroatoms. The molecule has 0 heterocycles. The van der Waals surface area contributed by atoms with Crippen LogP contribution >= 0.6 is 0 Å². The average molecular weight is 232 g/mol. The van der Waals surface area contributed by atoms with Crippen LogP contribution in [0.1, 0.15) is 35.7 Å². The second kappa shape index (κ2) is 4.70. The first kappa shape index (κ1) is 11.8. The van der Waals surface area contributed by atoms with Crippen LogP contribution in [-0.2, 0) is 11.2 Å². The van der Waals surface area contributed by atoms with E-state index in [2.05, 4.69) is 0 Å². The number of methoxy groups -OCH3 is 1. The maximum atomic E-state index is 12.2. The topological polar surface area (TPSA) is 43.4 Å². The summed E-state index contributed by atoms with van der Waals surface area (Å²) in [4.78, 5) is 23.3. The van der Waals surface area contributed by atoms with E-state index in [-0.39, 0.29) is 17.5 Å². The molecular formula is C14H16O3. The van der Waals surface area contributed by atoms with Gasteiger partial charge in [-0.2, -0.15) is 0 Å². The van der Waals surface area contributed by atoms with Crippen molar-refractivity contribution in [1.82, 2.24) is 0 Å². The van der Waals surface area contributed by atoms with Gasteiger partial charge < -0.3 is 9.53 Å². The van der Waals surface area contributed by atoms with Crippen molar-refractivity contribution in [2.45, 2.75) is 26.2 Å². The lowest BCUT2D eigenvalue weighted by Gasteiger charge is -2.22. The Hall–Kier alpha value is -1.64. The zero-order chi connectivity index (χ0) is 12.4. The number of Topliss-reactive ketones (excluding diaryl/α,β-unsaturated/α-hetero) is 2. The van der Waals surface area contributed by atoms with Crippen molar-refractivity contribution >= 4 is 11.6 Å². The normalized spacial score (nSPS) is 18.7. The summed E-state index contributed by atoms with van der Waals surface area (Å²) in [5, 5.41) is 0. The maximum absolute atomic E-state index is 12.2. The second-order valence-electron chi connectivity index (χ2n) is 4.53. The molecule has 90 valence electrons. The van der Waals surface area contributed by atoms with Crippen LogP contribution in [0, 0.1) is 5.92 Å². The lowest BCUT2D eigenvalue weighted by Crippen LogP contribution is -2.24. The highest BCUT2D eigenvalue weighted by Crippen LogP contribution is 2.30. The quantitative estimate of drug-likeness (QED) is 0.803. The summed E-state index contributed by atoms with van der Waals surface area (Å²) in [6.45, 7) is 1.54. The summed E-state index contributed by atoms with van der Waals surface area (Å²) in [6, 6.07) is 5.52. The number of benzene rings is 1. The van der Waals surface area contributed by atoms with Crippen molar-refractivity contribution in [3.8, 4) is 5.75 Å². The van der Waals surface area contributed by atoms with E-state index in [0.29, 0.717) is 6.42 Å². The molecule has 1 unspecified atom stereocenters. The number of fused-ring (bicyclic) bond motifs is 1. The van der Waals surface area contributed by atoms with E-state index in [4.69, 9.17) is 4.74 Å². The van der Waals surface area contributed by atoms with Crippen LogP contribution in [0.4, 0.5) is 0 Å². The number of carbonyl (C=O) groups is 2. The highest BCUT2D eigenvalue weighted by molar-refractivity contribution is 6.02. The monoisotopic (exact) mass is 232 g/mol. The lowest BCUT2D eigenvalue weighted by molar-refractivity contribution is -0.117. The van der Waals surface area contributed by atoms with Crippen LogP contribution < -0.4 is 4.74 Å². The first-order chi connectivity index (χ1) is 8.11. The van der Waals surface area contributed by atoms with Gasteiger partial charge in [0.1, 0.15) is 11.5 Å². The third-order valence-corrected chi connectivity index (χ3v) is 3.24. The SMILES string of the molecule is COc1ccc2c(c1)CCC(CC(C)=O)C2=O. The van der Waals surface area contributed by atoms with Gasteiger partial charge in [-0.3, -0.25) is 4.79 Å². The fourth-order valence-corrected chi connectivity index (χ4v) is 2.37. The van der Waals surface area contributed by atoms with Gasteiger partial charge in [-0.05, 0) is 43.5 Å². The van der Waals surface area contributed by atoms with Crippen LogP contribution in [0.2, 0.25) is 0 Å². The molecule has 1 aliphatic rings. The molecule has 3 nitrogen and oxygen atoms in total. The minimum absolute atomic E-state index is 0.0836. The van der Waals surface area contributed by atoms with Crippen molar-refractivity contribution < 1.29 is 14.3 Å². The van der Waals surface area contributed by atoms with Gasteiger partial charge in [0, 0.05) is 17.9 Å². The third-order valence-electron chi connectivity index (χ3n) is 3.24. The molecule has 0 saturated carbocycles. The summed E-state index contributed by atoms with van der Waals surface area (Å²) >= 11 is 0. The van der Waals surface area contributed by atoms with Gasteiger partial charge in [0.05, 0.1) is 7.11 Å². The van der Waals surface area contributed by atoms with E-state index < -0.39 is 0 Å². The summed E-state index contributed by atoms with van der Waals surface area (Å²) in [5.74, 6) is 0.833. The molecule has 0 spiro atoms. The summed E-state index contributed by atoms with van der Waals surface area (Å²) in [5.41, 5.74) is 1.79. The molecule has 1 atom stereocenters. The van der Waals surface area contributed by atoms with Gasteiger partial charge in [0.2, 0.25) is 0 Å². The molecule has 2 rings (SSSR count). The molecule has 0 aliphatic heterocycles. The zero-order valence-electron chi connectivity index (χ0n) is 10.2. The van der Waals surface area contributed by atoms with Gasteiger partial charge in [-0.15, -0.1) is 0 Å². The minimum Gasteiger partial charge on any atom is -0.497 e. The Morgan fingerprint density at radius 1 is 1.47 bits per heavy atom. The Labute approximate surface area is 101 Å². The van der Waals surface area contributed by atoms with Crippen LogP contribution in [0.5, 0.6) is 5.75 Å². The highest BCUT2D eigenvalue weighted by atomic mass is 16.5. The maximum Gasteiger partial charge on any atom is 0.166 e. The predicted molar refractivity (Wildman–Crippen MR) is 64.4 cm³/mol. The second-order valence-corrected chi connectivity index (χ2v) is 4.53. The number of hydrogen-bond donors (Lipinski definition) is 0. The molecule has 1 aromatic rings. The summed E-state index contributed by atoms with van der Waals surface area (Å²) in [7, 11) is 1.62. The smallest absolute Gasteiger partial charge is 0.166 e. The van der Waals surface area contributed by atoms with Crippen molar-refractivity contribution in [3.05, 3.63) is 29.3 Å². The number of ketones is 2. The average Bonchev–Trinajstić information content (AvgIpc) is 2.32. The largest absolute Gasteiger partial charge is 0.497 e. The van der Waals surface area contributed by atoms with Crippen LogP contribution in [-0.4, -0.2) is 18.7 Å². The molecule has 0 radical (unpaired) electrons. The van der Waals surface area contributed by atoms with Crippen molar-refractivity contribution in [2.24, 2.45) is 5.92 Å². The summed E-state index contributed by atoms with van der Waals surface area (Å²) in [6.07, 6.45) is 1.97. The van der Waals surface area contributed by atoms with Gasteiger partial charge in [0.15, 0.2) is 5.78 Å². The first-order valence-corrected chi connectivity index (χ1v) is 5.82. The predicted octanol–water partition coefficient (Wildman–Crippen LogP) is 2.42. The molecular weight excluding hydrogens is 216 g/mol. The van der Waals surface area contributed by atoms with Crippen LogP contribution in [0.25, 0.3) is 0 Å². The molecule has 0 fully saturated rings. The first-order valence-electron chi connectivity index (χ1n) is 5.82. The Bertz CT molecular complexity index is 463. The van der Waals surface area contributed by atoms with Gasteiger partial charge >= 0.3 is 0 Å². The van der Waals surface area contributed by atoms with Gasteiger partial charge in [0.25, 0.3) is 0 Å². The molecule has 0 bridgehead atoms. The van der Waals surface area contributed by atoms with E-state index in [9.17, 15) is 9.59 Å². The molecule has 0 aromatic heterocycles. The third kappa shape index (κ3) is 2.38. The number of rotatable bonds is 3. The van der Waals surface area contributed by atoms with Crippen LogP contribution in [0.3, 0.4) is 0 Å². The minimum atomic E-state index is -0.131.